The highest BCUT2D eigenvalue weighted by Gasteiger charge is 2.21. The maximum Gasteiger partial charge on any atom is 0.251 e. The number of imidazole rings is 1. The summed E-state index contributed by atoms with van der Waals surface area (Å²) in [6.07, 6.45) is 0.712. The Morgan fingerprint density at radius 2 is 1.72 bits per heavy atom. The number of benzene rings is 3. The molecule has 4 rings (SSSR count). The van der Waals surface area contributed by atoms with E-state index in [1.807, 2.05) is 43.3 Å². The number of carbonyl (C=O) groups is 1. The van der Waals surface area contributed by atoms with Crippen LogP contribution in [0.1, 0.15) is 41.1 Å². The summed E-state index contributed by atoms with van der Waals surface area (Å²) in [7, 11) is 3.27. The Labute approximate surface area is 187 Å². The number of hydrogen-bond acceptors (Lipinski definition) is 4. The molecule has 164 valence electrons. The summed E-state index contributed by atoms with van der Waals surface area (Å²) in [5.41, 5.74) is 3.62. The number of hydrogen-bond donors (Lipinski definition) is 1. The van der Waals surface area contributed by atoms with Crippen LogP contribution in [0.4, 0.5) is 0 Å². The van der Waals surface area contributed by atoms with Gasteiger partial charge in [0.15, 0.2) is 0 Å². The molecule has 6 heteroatoms. The van der Waals surface area contributed by atoms with Crippen LogP contribution in [0, 0.1) is 0 Å². The largest absolute Gasteiger partial charge is 0.497 e. The second kappa shape index (κ2) is 9.56. The number of nitrogens with zero attached hydrogens (tertiary/aromatic N) is 2. The van der Waals surface area contributed by atoms with Gasteiger partial charge in [0.2, 0.25) is 0 Å². The monoisotopic (exact) mass is 429 g/mol. The average molecular weight is 430 g/mol. The van der Waals surface area contributed by atoms with Crippen LogP contribution >= 0.6 is 0 Å². The quantitative estimate of drug-likeness (QED) is 0.429. The van der Waals surface area contributed by atoms with Crippen LogP contribution in [0.25, 0.3) is 11.0 Å². The molecule has 32 heavy (non-hydrogen) atoms. The molecule has 0 aliphatic heterocycles. The van der Waals surface area contributed by atoms with Gasteiger partial charge in [-0.3, -0.25) is 4.79 Å². The summed E-state index contributed by atoms with van der Waals surface area (Å²) in [6, 6.07) is 22.9. The van der Waals surface area contributed by atoms with Crippen molar-refractivity contribution in [3.05, 3.63) is 89.7 Å². The van der Waals surface area contributed by atoms with E-state index < -0.39 is 0 Å². The van der Waals surface area contributed by atoms with Gasteiger partial charge in [-0.1, -0.05) is 31.2 Å². The van der Waals surface area contributed by atoms with E-state index in [4.69, 9.17) is 14.5 Å². The second-order valence-corrected chi connectivity index (χ2v) is 7.56. The first-order chi connectivity index (χ1) is 15.6. The normalized spacial score (nSPS) is 11.8. The zero-order valence-electron chi connectivity index (χ0n) is 18.5. The predicted molar refractivity (Wildman–Crippen MR) is 125 cm³/mol. The molecule has 0 radical (unpaired) electrons. The summed E-state index contributed by atoms with van der Waals surface area (Å²) >= 11 is 0. The molecule has 1 aromatic heterocycles. The number of para-hydroxylation sites is 2. The van der Waals surface area contributed by atoms with Crippen molar-refractivity contribution < 1.29 is 14.3 Å². The standard InChI is InChI=1S/C26H27N3O3/c1-4-22(28-26(30)19-12-14-20(31-2)15-13-19)25-27-23-10-5-6-11-24(23)29(25)17-18-8-7-9-21(16-18)32-3/h5-16,22H,4,17H2,1-3H3,(H,28,30). The first-order valence-corrected chi connectivity index (χ1v) is 10.7. The van der Waals surface area contributed by atoms with Gasteiger partial charge in [0.25, 0.3) is 5.91 Å². The third-order valence-corrected chi connectivity index (χ3v) is 5.54. The average Bonchev–Trinajstić information content (AvgIpc) is 3.20. The zero-order chi connectivity index (χ0) is 22.5. The molecular weight excluding hydrogens is 402 g/mol. The minimum absolute atomic E-state index is 0.139. The molecule has 0 bridgehead atoms. The van der Waals surface area contributed by atoms with Crippen LogP contribution in [-0.2, 0) is 6.54 Å². The van der Waals surface area contributed by atoms with Gasteiger partial charge in [0.1, 0.15) is 17.3 Å². The zero-order valence-corrected chi connectivity index (χ0v) is 18.5. The highest BCUT2D eigenvalue weighted by Crippen LogP contribution is 2.25. The number of methoxy groups -OCH3 is 2. The molecule has 1 N–H and O–H groups in total. The molecular formula is C26H27N3O3. The fraction of sp³-hybridized carbons (Fsp3) is 0.231. The Bertz CT molecular complexity index is 1210. The summed E-state index contributed by atoms with van der Waals surface area (Å²) < 4.78 is 12.7. The number of fused-ring (bicyclic) bond motifs is 1. The number of rotatable bonds is 8. The van der Waals surface area contributed by atoms with E-state index in [1.54, 1.807) is 38.5 Å². The first kappa shape index (κ1) is 21.4. The molecule has 0 spiro atoms. The lowest BCUT2D eigenvalue weighted by molar-refractivity contribution is 0.0933. The number of amides is 1. The van der Waals surface area contributed by atoms with E-state index in [0.29, 0.717) is 24.3 Å². The SMILES string of the molecule is CCC(NC(=O)c1ccc(OC)cc1)c1nc2ccccc2n1Cc1cccc(OC)c1. The van der Waals surface area contributed by atoms with E-state index in [-0.39, 0.29) is 11.9 Å². The number of ether oxygens (including phenoxy) is 2. The maximum atomic E-state index is 12.9. The Balaban J connectivity index is 1.67. The first-order valence-electron chi connectivity index (χ1n) is 10.7. The summed E-state index contributed by atoms with van der Waals surface area (Å²) in [5.74, 6) is 2.22. The predicted octanol–water partition coefficient (Wildman–Crippen LogP) is 4.98. The van der Waals surface area contributed by atoms with Crippen LogP contribution < -0.4 is 14.8 Å². The molecule has 6 nitrogen and oxygen atoms in total. The van der Waals surface area contributed by atoms with Crippen molar-refractivity contribution in [2.24, 2.45) is 0 Å². The molecule has 1 unspecified atom stereocenters. The van der Waals surface area contributed by atoms with Gasteiger partial charge in [-0.05, 0) is 60.5 Å². The maximum absolute atomic E-state index is 12.9. The van der Waals surface area contributed by atoms with E-state index in [1.165, 1.54) is 0 Å². The molecule has 4 aromatic rings. The van der Waals surface area contributed by atoms with Crippen molar-refractivity contribution in [2.45, 2.75) is 25.9 Å². The molecule has 0 saturated heterocycles. The van der Waals surface area contributed by atoms with Gasteiger partial charge in [-0.2, -0.15) is 0 Å². The fourth-order valence-electron chi connectivity index (χ4n) is 3.81. The highest BCUT2D eigenvalue weighted by molar-refractivity contribution is 5.94. The third-order valence-electron chi connectivity index (χ3n) is 5.54. The van der Waals surface area contributed by atoms with Crippen molar-refractivity contribution in [3.8, 4) is 11.5 Å². The lowest BCUT2D eigenvalue weighted by Gasteiger charge is -2.19. The van der Waals surface area contributed by atoms with Gasteiger partial charge in [0.05, 0.1) is 31.3 Å². The van der Waals surface area contributed by atoms with Gasteiger partial charge in [-0.25, -0.2) is 4.98 Å². The van der Waals surface area contributed by atoms with Crippen molar-refractivity contribution in [2.75, 3.05) is 14.2 Å². The summed E-state index contributed by atoms with van der Waals surface area (Å²) in [4.78, 5) is 17.8. The molecule has 1 atom stereocenters. The van der Waals surface area contributed by atoms with Crippen molar-refractivity contribution in [1.29, 1.82) is 0 Å². The van der Waals surface area contributed by atoms with E-state index in [9.17, 15) is 4.79 Å². The number of carbonyl (C=O) groups excluding carboxylic acids is 1. The summed E-state index contributed by atoms with van der Waals surface area (Å²) in [5, 5.41) is 3.16. The van der Waals surface area contributed by atoms with Crippen LogP contribution in [0.5, 0.6) is 11.5 Å². The van der Waals surface area contributed by atoms with Crippen LogP contribution in [0.15, 0.2) is 72.8 Å². The van der Waals surface area contributed by atoms with Crippen LogP contribution in [-0.4, -0.2) is 29.7 Å². The Morgan fingerprint density at radius 1 is 0.969 bits per heavy atom. The lowest BCUT2D eigenvalue weighted by atomic mass is 10.1. The molecule has 0 aliphatic carbocycles. The molecule has 0 aliphatic rings. The fourth-order valence-corrected chi connectivity index (χ4v) is 3.81. The van der Waals surface area contributed by atoms with Gasteiger partial charge < -0.3 is 19.4 Å². The van der Waals surface area contributed by atoms with Crippen molar-refractivity contribution in [1.82, 2.24) is 14.9 Å². The van der Waals surface area contributed by atoms with Gasteiger partial charge in [0, 0.05) is 12.1 Å². The van der Waals surface area contributed by atoms with Gasteiger partial charge in [-0.15, -0.1) is 0 Å². The van der Waals surface area contributed by atoms with E-state index >= 15 is 0 Å². The number of nitrogens with one attached hydrogen (secondary N) is 1. The molecule has 1 amide bonds. The number of aromatic nitrogens is 2. The Kier molecular flexibility index (Phi) is 6.40. The third kappa shape index (κ3) is 4.44. The van der Waals surface area contributed by atoms with Crippen LogP contribution in [0.3, 0.4) is 0 Å². The highest BCUT2D eigenvalue weighted by atomic mass is 16.5. The second-order valence-electron chi connectivity index (χ2n) is 7.56. The minimum atomic E-state index is -0.234. The van der Waals surface area contributed by atoms with Crippen LogP contribution in [0.2, 0.25) is 0 Å². The lowest BCUT2D eigenvalue weighted by Crippen LogP contribution is -2.30. The summed E-state index contributed by atoms with van der Waals surface area (Å²) in [6.45, 7) is 2.68. The van der Waals surface area contributed by atoms with Crippen molar-refractivity contribution in [3.63, 3.8) is 0 Å². The minimum Gasteiger partial charge on any atom is -0.497 e. The van der Waals surface area contributed by atoms with Crippen molar-refractivity contribution >= 4 is 16.9 Å². The van der Waals surface area contributed by atoms with Gasteiger partial charge >= 0.3 is 0 Å². The molecule has 0 fully saturated rings. The molecule has 3 aromatic carbocycles. The molecule has 0 saturated carbocycles. The topological polar surface area (TPSA) is 65.4 Å². The molecule has 1 heterocycles. The smallest absolute Gasteiger partial charge is 0.251 e. The van der Waals surface area contributed by atoms with E-state index in [2.05, 4.69) is 22.0 Å². The Morgan fingerprint density at radius 3 is 2.44 bits per heavy atom. The Hall–Kier alpha value is -3.80. The van der Waals surface area contributed by atoms with E-state index in [0.717, 1.165) is 28.2 Å².